The average Bonchev–Trinajstić information content (AvgIpc) is 3.24. The molecule has 0 N–H and O–H groups in total. The summed E-state index contributed by atoms with van der Waals surface area (Å²) >= 11 is 0. The summed E-state index contributed by atoms with van der Waals surface area (Å²) in [7, 11) is 2.23. The molecule has 0 unspecified atom stereocenters. The number of carbonyl (C=O) groups excluding carboxylic acids is 1. The van der Waals surface area contributed by atoms with E-state index in [1.54, 1.807) is 18.5 Å². The third kappa shape index (κ3) is 6.45. The van der Waals surface area contributed by atoms with Gasteiger partial charge in [-0.25, -0.2) is 14.8 Å². The second-order valence-corrected chi connectivity index (χ2v) is 16.3. The zero-order valence-electron chi connectivity index (χ0n) is 22.6. The third-order valence-corrected chi connectivity index (χ3v) is 8.06. The predicted octanol–water partition coefficient (Wildman–Crippen LogP) is 6.14. The first kappa shape index (κ1) is 26.6. The molecule has 0 atom stereocenters. The maximum atomic E-state index is 11.9. The maximum absolute atomic E-state index is 11.9. The van der Waals surface area contributed by atoms with Crippen LogP contribution in [-0.4, -0.2) is 49.3 Å². The zero-order chi connectivity index (χ0) is 26.6. The Morgan fingerprint density at radius 3 is 2.49 bits per heavy atom. The molecular formula is C29H36N4O3Si. The van der Waals surface area contributed by atoms with Crippen LogP contribution in [-0.2, 0) is 22.7 Å². The van der Waals surface area contributed by atoms with Crippen molar-refractivity contribution < 1.29 is 14.3 Å². The van der Waals surface area contributed by atoms with Crippen LogP contribution in [0.5, 0.6) is 0 Å². The topological polar surface area (TPSA) is 69.5 Å². The molecule has 0 aliphatic rings. The average molecular weight is 517 g/mol. The Labute approximate surface area is 220 Å². The van der Waals surface area contributed by atoms with E-state index < -0.39 is 8.07 Å². The number of carbonyl (C=O) groups is 1. The molecule has 2 aromatic heterocycles. The molecule has 0 saturated carbocycles. The summed E-state index contributed by atoms with van der Waals surface area (Å²) in [4.78, 5) is 23.4. The van der Waals surface area contributed by atoms with Crippen molar-refractivity contribution in [2.75, 3.05) is 25.7 Å². The summed E-state index contributed by atoms with van der Waals surface area (Å²) in [6.07, 6.45) is 1.62. The minimum absolute atomic E-state index is 0.354. The molecule has 4 rings (SSSR count). The SMILES string of the molecule is COC(=O)c1ccc(-c2cc3c(N(C)Cc4cccc(C)c4)ncnc3n2COCC[Si](C)(C)C)cc1. The smallest absolute Gasteiger partial charge is 0.337 e. The van der Waals surface area contributed by atoms with Gasteiger partial charge in [-0.1, -0.05) is 61.6 Å². The number of rotatable bonds is 10. The molecule has 0 amide bonds. The van der Waals surface area contributed by atoms with E-state index in [9.17, 15) is 4.79 Å². The Morgan fingerprint density at radius 2 is 1.81 bits per heavy atom. The lowest BCUT2D eigenvalue weighted by Crippen LogP contribution is -2.22. The first-order chi connectivity index (χ1) is 17.7. The Morgan fingerprint density at radius 1 is 1.05 bits per heavy atom. The summed E-state index contributed by atoms with van der Waals surface area (Å²) in [5.74, 6) is 0.507. The van der Waals surface area contributed by atoms with Gasteiger partial charge in [0, 0.05) is 28.3 Å². The molecule has 0 spiro atoms. The number of fused-ring (bicyclic) bond motifs is 1. The normalized spacial score (nSPS) is 11.6. The summed E-state index contributed by atoms with van der Waals surface area (Å²) in [5.41, 5.74) is 5.72. The van der Waals surface area contributed by atoms with Crippen LogP contribution >= 0.6 is 0 Å². The van der Waals surface area contributed by atoms with Gasteiger partial charge in [0.1, 0.15) is 24.5 Å². The van der Waals surface area contributed by atoms with Gasteiger partial charge in [0.2, 0.25) is 0 Å². The van der Waals surface area contributed by atoms with Gasteiger partial charge in [0.05, 0.1) is 23.8 Å². The van der Waals surface area contributed by atoms with Gasteiger partial charge in [-0.15, -0.1) is 0 Å². The van der Waals surface area contributed by atoms with E-state index in [0.717, 1.165) is 40.7 Å². The van der Waals surface area contributed by atoms with Crippen molar-refractivity contribution in [2.24, 2.45) is 0 Å². The number of anilines is 1. The molecule has 194 valence electrons. The van der Waals surface area contributed by atoms with Crippen molar-refractivity contribution in [1.82, 2.24) is 14.5 Å². The first-order valence-electron chi connectivity index (χ1n) is 12.5. The largest absolute Gasteiger partial charge is 0.465 e. The Kier molecular flexibility index (Phi) is 8.09. The summed E-state index contributed by atoms with van der Waals surface area (Å²) in [6.45, 7) is 11.0. The van der Waals surface area contributed by atoms with Gasteiger partial charge in [-0.05, 0) is 42.3 Å². The van der Waals surface area contributed by atoms with E-state index >= 15 is 0 Å². The van der Waals surface area contributed by atoms with E-state index in [1.807, 2.05) is 12.1 Å². The van der Waals surface area contributed by atoms with Crippen molar-refractivity contribution in [1.29, 1.82) is 0 Å². The number of ether oxygens (including phenoxy) is 2. The molecule has 4 aromatic rings. The molecule has 7 nitrogen and oxygen atoms in total. The quantitative estimate of drug-likeness (QED) is 0.143. The third-order valence-electron chi connectivity index (χ3n) is 6.35. The molecule has 0 aliphatic carbocycles. The van der Waals surface area contributed by atoms with E-state index in [0.29, 0.717) is 18.9 Å². The molecule has 2 aromatic carbocycles. The summed E-state index contributed by atoms with van der Waals surface area (Å²) < 4.78 is 13.1. The van der Waals surface area contributed by atoms with Crippen molar-refractivity contribution in [2.45, 2.75) is 45.9 Å². The molecule has 0 bridgehead atoms. The van der Waals surface area contributed by atoms with Gasteiger partial charge in [0.15, 0.2) is 0 Å². The Balaban J connectivity index is 1.72. The standard InChI is InChI=1S/C29H36N4O3Si/c1-21-8-7-9-22(16-21)18-32(2)27-25-17-26(23-10-12-24(13-11-23)29(34)35-3)33(28(25)31-19-30-27)20-36-14-15-37(4,5)6/h7-13,16-17,19H,14-15,18,20H2,1-6H3. The lowest BCUT2D eigenvalue weighted by atomic mass is 10.1. The number of nitrogens with zero attached hydrogens (tertiary/aromatic N) is 4. The lowest BCUT2D eigenvalue weighted by Gasteiger charge is -2.19. The monoisotopic (exact) mass is 516 g/mol. The minimum atomic E-state index is -1.21. The molecule has 0 fully saturated rings. The molecule has 0 aliphatic heterocycles. The van der Waals surface area contributed by atoms with Crippen molar-refractivity contribution in [3.05, 3.63) is 77.6 Å². The van der Waals surface area contributed by atoms with Crippen LogP contribution in [0, 0.1) is 6.92 Å². The van der Waals surface area contributed by atoms with E-state index in [2.05, 4.69) is 83.4 Å². The number of hydrogen-bond donors (Lipinski definition) is 0. The number of aryl methyl sites for hydroxylation is 1. The number of aromatic nitrogens is 3. The molecule has 0 saturated heterocycles. The van der Waals surface area contributed by atoms with Crippen molar-refractivity contribution in [3.8, 4) is 11.3 Å². The number of benzene rings is 2. The number of esters is 1. The van der Waals surface area contributed by atoms with Gasteiger partial charge in [-0.2, -0.15) is 0 Å². The Hall–Kier alpha value is -3.49. The highest BCUT2D eigenvalue weighted by atomic mass is 28.3. The highest BCUT2D eigenvalue weighted by molar-refractivity contribution is 6.76. The van der Waals surface area contributed by atoms with Crippen LogP contribution in [0.3, 0.4) is 0 Å². The van der Waals surface area contributed by atoms with Crippen LogP contribution < -0.4 is 4.90 Å². The molecule has 8 heteroatoms. The first-order valence-corrected chi connectivity index (χ1v) is 16.2. The van der Waals surface area contributed by atoms with Crippen molar-refractivity contribution in [3.63, 3.8) is 0 Å². The van der Waals surface area contributed by atoms with E-state index in [4.69, 9.17) is 9.47 Å². The van der Waals surface area contributed by atoms with Crippen LogP contribution in [0.1, 0.15) is 21.5 Å². The number of hydrogen-bond acceptors (Lipinski definition) is 6. The minimum Gasteiger partial charge on any atom is -0.465 e. The highest BCUT2D eigenvalue weighted by Crippen LogP contribution is 2.32. The fraction of sp³-hybridized carbons (Fsp3) is 0.345. The molecule has 2 heterocycles. The summed E-state index contributed by atoms with van der Waals surface area (Å²) in [6, 6.07) is 19.2. The van der Waals surface area contributed by atoms with Crippen LogP contribution in [0.4, 0.5) is 5.82 Å². The molecule has 0 radical (unpaired) electrons. The van der Waals surface area contributed by atoms with Gasteiger partial charge in [-0.3, -0.25) is 0 Å². The van der Waals surface area contributed by atoms with Gasteiger partial charge < -0.3 is 18.9 Å². The molecular weight excluding hydrogens is 480 g/mol. The van der Waals surface area contributed by atoms with Gasteiger partial charge >= 0.3 is 5.97 Å². The Bertz CT molecular complexity index is 1380. The second-order valence-electron chi connectivity index (χ2n) is 10.7. The summed E-state index contributed by atoms with van der Waals surface area (Å²) in [5, 5.41) is 0.957. The number of methoxy groups -OCH3 is 1. The molecule has 37 heavy (non-hydrogen) atoms. The van der Waals surface area contributed by atoms with E-state index in [1.165, 1.54) is 18.2 Å². The van der Waals surface area contributed by atoms with Crippen LogP contribution in [0.2, 0.25) is 25.7 Å². The van der Waals surface area contributed by atoms with Crippen LogP contribution in [0.25, 0.3) is 22.3 Å². The lowest BCUT2D eigenvalue weighted by molar-refractivity contribution is 0.0600. The maximum Gasteiger partial charge on any atom is 0.337 e. The fourth-order valence-corrected chi connectivity index (χ4v) is 5.07. The van der Waals surface area contributed by atoms with Crippen LogP contribution in [0.15, 0.2) is 60.9 Å². The predicted molar refractivity (Wildman–Crippen MR) is 152 cm³/mol. The van der Waals surface area contributed by atoms with Gasteiger partial charge in [0.25, 0.3) is 0 Å². The van der Waals surface area contributed by atoms with E-state index in [-0.39, 0.29) is 5.97 Å². The zero-order valence-corrected chi connectivity index (χ0v) is 23.6. The highest BCUT2D eigenvalue weighted by Gasteiger charge is 2.19. The van der Waals surface area contributed by atoms with Crippen molar-refractivity contribution >= 4 is 30.9 Å². The fourth-order valence-electron chi connectivity index (χ4n) is 4.31. The second kappa shape index (κ2) is 11.3.